The van der Waals surface area contributed by atoms with Crippen LogP contribution in [0.1, 0.15) is 17.2 Å². The van der Waals surface area contributed by atoms with Gasteiger partial charge in [0, 0.05) is 0 Å². The van der Waals surface area contributed by atoms with Gasteiger partial charge >= 0.3 is 0 Å². The zero-order valence-corrected chi connectivity index (χ0v) is 12.2. The first-order valence-corrected chi connectivity index (χ1v) is 7.15. The second kappa shape index (κ2) is 6.81. The van der Waals surface area contributed by atoms with Crippen LogP contribution in [0.15, 0.2) is 84.9 Å². The second-order valence-corrected chi connectivity index (χ2v) is 4.94. The lowest BCUT2D eigenvalue weighted by Gasteiger charge is -2.20. The van der Waals surface area contributed by atoms with Crippen LogP contribution in [0.5, 0.6) is 11.5 Å². The molecule has 1 radical (unpaired) electrons. The summed E-state index contributed by atoms with van der Waals surface area (Å²) in [5.74, 6) is 1.50. The summed E-state index contributed by atoms with van der Waals surface area (Å²) in [5.41, 5.74) is 2.23. The molecule has 0 spiro atoms. The first-order chi connectivity index (χ1) is 10.9. The predicted molar refractivity (Wildman–Crippen MR) is 87.8 cm³/mol. The molecule has 0 aliphatic carbocycles. The summed E-state index contributed by atoms with van der Waals surface area (Å²) in [6, 6.07) is 27.9. The van der Waals surface area contributed by atoms with E-state index < -0.39 is 0 Å². The first-order valence-electron chi connectivity index (χ1n) is 7.15. The van der Waals surface area contributed by atoms with E-state index in [0.717, 1.165) is 16.9 Å². The molecule has 0 amide bonds. The average molecular weight is 289 g/mol. The zero-order chi connectivity index (χ0) is 15.2. The molecule has 0 aliphatic heterocycles. The van der Waals surface area contributed by atoms with E-state index in [9.17, 15) is 0 Å². The van der Waals surface area contributed by atoms with E-state index in [4.69, 9.17) is 9.47 Å². The summed E-state index contributed by atoms with van der Waals surface area (Å²) < 4.78 is 11.1. The van der Waals surface area contributed by atoms with E-state index >= 15 is 0 Å². The molecule has 0 aromatic heterocycles. The Labute approximate surface area is 131 Å². The van der Waals surface area contributed by atoms with Gasteiger partial charge in [0.15, 0.2) is 0 Å². The van der Waals surface area contributed by atoms with Crippen molar-refractivity contribution >= 4 is 0 Å². The van der Waals surface area contributed by atoms with Crippen LogP contribution in [-0.4, -0.2) is 0 Å². The van der Waals surface area contributed by atoms with Crippen molar-refractivity contribution in [1.29, 1.82) is 0 Å². The molecule has 0 atom stereocenters. The highest BCUT2D eigenvalue weighted by molar-refractivity contribution is 5.35. The second-order valence-electron chi connectivity index (χ2n) is 4.94. The fourth-order valence-corrected chi connectivity index (χ4v) is 2.33. The Morgan fingerprint density at radius 3 is 1.50 bits per heavy atom. The standard InChI is InChI=1S/C20H17O2/c1-21-18-12-14-19(15-13-18)22-20(16-8-4-2-5-9-16)17-10-6-3-7-11-17/h2-15,20H,1H2. The average Bonchev–Trinajstić information content (AvgIpc) is 2.62. The van der Waals surface area contributed by atoms with Gasteiger partial charge in [0.05, 0.1) is 0 Å². The maximum absolute atomic E-state index is 6.21. The molecule has 3 rings (SSSR count). The van der Waals surface area contributed by atoms with Gasteiger partial charge in [-0.15, -0.1) is 0 Å². The van der Waals surface area contributed by atoms with E-state index in [2.05, 4.69) is 31.4 Å². The normalized spacial score (nSPS) is 10.5. The highest BCUT2D eigenvalue weighted by Crippen LogP contribution is 2.29. The minimum atomic E-state index is -0.145. The fraction of sp³-hybridized carbons (Fsp3) is 0.0500. The summed E-state index contributed by atoms with van der Waals surface area (Å²) in [6.07, 6.45) is -0.145. The van der Waals surface area contributed by atoms with Crippen LogP contribution in [0.3, 0.4) is 0 Å². The molecule has 3 aromatic carbocycles. The number of hydrogen-bond acceptors (Lipinski definition) is 2. The highest BCUT2D eigenvalue weighted by atomic mass is 16.5. The van der Waals surface area contributed by atoms with Gasteiger partial charge in [-0.25, -0.2) is 0 Å². The van der Waals surface area contributed by atoms with Crippen LogP contribution in [0.2, 0.25) is 0 Å². The van der Waals surface area contributed by atoms with Crippen molar-refractivity contribution in [2.24, 2.45) is 0 Å². The van der Waals surface area contributed by atoms with Gasteiger partial charge in [-0.1, -0.05) is 60.7 Å². The number of rotatable bonds is 5. The topological polar surface area (TPSA) is 18.5 Å². The Hall–Kier alpha value is -2.74. The van der Waals surface area contributed by atoms with Gasteiger partial charge in [0.25, 0.3) is 0 Å². The van der Waals surface area contributed by atoms with Gasteiger partial charge in [-0.2, -0.15) is 0 Å². The molecule has 0 N–H and O–H groups in total. The lowest BCUT2D eigenvalue weighted by atomic mass is 10.0. The molecule has 0 bridgehead atoms. The van der Waals surface area contributed by atoms with Crippen molar-refractivity contribution in [3.63, 3.8) is 0 Å². The van der Waals surface area contributed by atoms with E-state index in [-0.39, 0.29) is 6.10 Å². The minimum Gasteiger partial charge on any atom is -0.490 e. The van der Waals surface area contributed by atoms with Crippen LogP contribution in [0, 0.1) is 7.11 Å². The molecule has 3 aromatic rings. The van der Waals surface area contributed by atoms with E-state index in [0.29, 0.717) is 5.75 Å². The van der Waals surface area contributed by atoms with Crippen molar-refractivity contribution in [1.82, 2.24) is 0 Å². The zero-order valence-electron chi connectivity index (χ0n) is 12.2. The Morgan fingerprint density at radius 1 is 0.591 bits per heavy atom. The molecule has 0 unspecified atom stereocenters. The van der Waals surface area contributed by atoms with Crippen LogP contribution >= 0.6 is 0 Å². The monoisotopic (exact) mass is 289 g/mol. The molecule has 0 fully saturated rings. The molecular weight excluding hydrogens is 272 g/mol. The summed E-state index contributed by atoms with van der Waals surface area (Å²) in [7, 11) is 3.40. The van der Waals surface area contributed by atoms with Crippen LogP contribution < -0.4 is 9.47 Å². The Bertz CT molecular complexity index is 651. The number of hydrogen-bond donors (Lipinski definition) is 0. The van der Waals surface area contributed by atoms with Gasteiger partial charge in [-0.3, -0.25) is 0 Å². The van der Waals surface area contributed by atoms with Gasteiger partial charge in [0.2, 0.25) is 0 Å². The van der Waals surface area contributed by atoms with Crippen molar-refractivity contribution in [2.75, 3.05) is 0 Å². The van der Waals surface area contributed by atoms with Gasteiger partial charge < -0.3 is 9.47 Å². The molecule has 0 saturated carbocycles. The fourth-order valence-electron chi connectivity index (χ4n) is 2.33. The quantitative estimate of drug-likeness (QED) is 0.656. The molecule has 109 valence electrons. The van der Waals surface area contributed by atoms with Crippen molar-refractivity contribution in [2.45, 2.75) is 6.10 Å². The third-order valence-corrected chi connectivity index (χ3v) is 3.45. The van der Waals surface area contributed by atoms with Crippen molar-refractivity contribution in [3.05, 3.63) is 103 Å². The maximum Gasteiger partial charge on any atom is 0.149 e. The Morgan fingerprint density at radius 2 is 1.05 bits per heavy atom. The molecule has 22 heavy (non-hydrogen) atoms. The summed E-state index contributed by atoms with van der Waals surface area (Å²) in [5, 5.41) is 0. The SMILES string of the molecule is [CH2]Oc1ccc(OC(c2ccccc2)c2ccccc2)cc1. The van der Waals surface area contributed by atoms with Crippen LogP contribution in [0.25, 0.3) is 0 Å². The van der Waals surface area contributed by atoms with Crippen molar-refractivity contribution < 1.29 is 9.47 Å². The molecule has 2 nitrogen and oxygen atoms in total. The lowest BCUT2D eigenvalue weighted by Crippen LogP contribution is -2.09. The summed E-state index contributed by atoms with van der Waals surface area (Å²) >= 11 is 0. The molecule has 2 heteroatoms. The molecule has 0 saturated heterocycles. The first kappa shape index (κ1) is 14.2. The van der Waals surface area contributed by atoms with Crippen LogP contribution in [-0.2, 0) is 0 Å². The summed E-state index contributed by atoms with van der Waals surface area (Å²) in [6.45, 7) is 0. The van der Waals surface area contributed by atoms with Crippen molar-refractivity contribution in [3.8, 4) is 11.5 Å². The lowest BCUT2D eigenvalue weighted by molar-refractivity contribution is 0.247. The minimum absolute atomic E-state index is 0.145. The van der Waals surface area contributed by atoms with E-state index in [1.165, 1.54) is 0 Å². The Kier molecular flexibility index (Phi) is 4.40. The van der Waals surface area contributed by atoms with E-state index in [1.54, 1.807) is 0 Å². The van der Waals surface area contributed by atoms with Crippen LogP contribution in [0.4, 0.5) is 0 Å². The highest BCUT2D eigenvalue weighted by Gasteiger charge is 2.15. The maximum atomic E-state index is 6.21. The van der Waals surface area contributed by atoms with Gasteiger partial charge in [-0.05, 0) is 35.4 Å². The smallest absolute Gasteiger partial charge is 0.149 e. The molecule has 0 aliphatic rings. The third-order valence-electron chi connectivity index (χ3n) is 3.45. The summed E-state index contributed by atoms with van der Waals surface area (Å²) in [4.78, 5) is 0. The third kappa shape index (κ3) is 3.29. The largest absolute Gasteiger partial charge is 0.490 e. The predicted octanol–water partition coefficient (Wildman–Crippen LogP) is 5.03. The molecular formula is C20H17O2. The van der Waals surface area contributed by atoms with E-state index in [1.807, 2.05) is 60.7 Å². The molecule has 0 heterocycles. The Balaban J connectivity index is 1.91. The van der Waals surface area contributed by atoms with Gasteiger partial charge in [0.1, 0.15) is 24.7 Å². The number of benzene rings is 3. The number of ether oxygens (including phenoxy) is 2.